The maximum atomic E-state index is 13.2. The van der Waals surface area contributed by atoms with Gasteiger partial charge in [-0.15, -0.1) is 0 Å². The first kappa shape index (κ1) is 18.9. The normalized spacial score (nSPS) is 13.8. The van der Waals surface area contributed by atoms with Crippen molar-refractivity contribution < 1.29 is 13.5 Å². The summed E-state index contributed by atoms with van der Waals surface area (Å²) in [5, 5.41) is 1.12. The molecule has 30 heavy (non-hydrogen) atoms. The Balaban J connectivity index is 1.51. The minimum absolute atomic E-state index is 0.1000. The SMILES string of the molecule is O=c1c(-c2ccc(Cl)cc2)coc2c3c(ccc12)OCN(Cc1ccc(F)cc1)C3. The first-order valence-electron chi connectivity index (χ1n) is 9.51. The molecule has 0 bridgehead atoms. The van der Waals surface area contributed by atoms with Gasteiger partial charge in [0.2, 0.25) is 5.43 Å². The van der Waals surface area contributed by atoms with Gasteiger partial charge in [0.15, 0.2) is 0 Å². The number of hydrogen-bond acceptors (Lipinski definition) is 4. The van der Waals surface area contributed by atoms with E-state index in [2.05, 4.69) is 4.90 Å². The average Bonchev–Trinajstić information content (AvgIpc) is 2.76. The maximum Gasteiger partial charge on any atom is 0.200 e. The van der Waals surface area contributed by atoms with Crippen LogP contribution in [0.1, 0.15) is 11.1 Å². The molecular weight excluding hydrogens is 405 g/mol. The zero-order valence-corrected chi connectivity index (χ0v) is 16.7. The first-order valence-corrected chi connectivity index (χ1v) is 9.89. The highest BCUT2D eigenvalue weighted by molar-refractivity contribution is 6.30. The van der Waals surface area contributed by atoms with Crippen LogP contribution in [0.25, 0.3) is 22.1 Å². The monoisotopic (exact) mass is 421 g/mol. The molecule has 0 fully saturated rings. The molecule has 0 unspecified atom stereocenters. The van der Waals surface area contributed by atoms with Gasteiger partial charge >= 0.3 is 0 Å². The highest BCUT2D eigenvalue weighted by atomic mass is 35.5. The zero-order valence-electron chi connectivity index (χ0n) is 15.9. The molecule has 0 saturated heterocycles. The van der Waals surface area contributed by atoms with Gasteiger partial charge in [0.05, 0.1) is 16.5 Å². The van der Waals surface area contributed by atoms with Crippen molar-refractivity contribution in [2.75, 3.05) is 6.73 Å². The maximum absolute atomic E-state index is 13.2. The Bertz CT molecular complexity index is 1280. The summed E-state index contributed by atoms with van der Waals surface area (Å²) in [4.78, 5) is 15.2. The number of nitrogens with zero attached hydrogens (tertiary/aromatic N) is 1. The van der Waals surface area contributed by atoms with Gasteiger partial charge in [-0.3, -0.25) is 9.69 Å². The molecule has 4 nitrogen and oxygen atoms in total. The molecule has 1 aromatic heterocycles. The van der Waals surface area contributed by atoms with Crippen LogP contribution in [0.4, 0.5) is 4.39 Å². The average molecular weight is 422 g/mol. The molecule has 0 amide bonds. The smallest absolute Gasteiger partial charge is 0.200 e. The van der Waals surface area contributed by atoms with Crippen molar-refractivity contribution in [3.8, 4) is 16.9 Å². The van der Waals surface area contributed by atoms with Crippen LogP contribution in [0.3, 0.4) is 0 Å². The van der Waals surface area contributed by atoms with Gasteiger partial charge < -0.3 is 9.15 Å². The molecule has 0 spiro atoms. The lowest BCUT2D eigenvalue weighted by Crippen LogP contribution is -2.31. The Morgan fingerprint density at radius 1 is 1.00 bits per heavy atom. The van der Waals surface area contributed by atoms with Crippen molar-refractivity contribution in [3.05, 3.63) is 99.1 Å². The van der Waals surface area contributed by atoms with Crippen LogP contribution in [0.15, 0.2) is 76.1 Å². The second-order valence-corrected chi connectivity index (χ2v) is 7.73. The number of benzene rings is 3. The van der Waals surface area contributed by atoms with E-state index < -0.39 is 0 Å². The molecule has 4 aromatic rings. The second-order valence-electron chi connectivity index (χ2n) is 7.29. The molecule has 0 aliphatic carbocycles. The third kappa shape index (κ3) is 3.47. The molecule has 0 N–H and O–H groups in total. The lowest BCUT2D eigenvalue weighted by atomic mass is 10.0. The Kier molecular flexibility index (Phi) is 4.77. The summed E-state index contributed by atoms with van der Waals surface area (Å²) in [6.07, 6.45) is 1.49. The molecule has 3 aromatic carbocycles. The fourth-order valence-electron chi connectivity index (χ4n) is 3.73. The minimum atomic E-state index is -0.261. The summed E-state index contributed by atoms with van der Waals surface area (Å²) < 4.78 is 25.0. The molecule has 0 radical (unpaired) electrons. The van der Waals surface area contributed by atoms with Gasteiger partial charge in [0, 0.05) is 18.1 Å². The fourth-order valence-corrected chi connectivity index (χ4v) is 3.86. The van der Waals surface area contributed by atoms with Crippen LogP contribution in [0, 0.1) is 5.82 Å². The van der Waals surface area contributed by atoms with E-state index >= 15 is 0 Å². The van der Waals surface area contributed by atoms with Crippen molar-refractivity contribution in [1.29, 1.82) is 0 Å². The van der Waals surface area contributed by atoms with E-state index in [0.717, 1.165) is 16.7 Å². The van der Waals surface area contributed by atoms with E-state index in [1.54, 1.807) is 42.5 Å². The molecule has 2 heterocycles. The Morgan fingerprint density at radius 3 is 2.53 bits per heavy atom. The third-order valence-corrected chi connectivity index (χ3v) is 5.51. The third-order valence-electron chi connectivity index (χ3n) is 5.26. The number of halogens is 2. The predicted octanol–water partition coefficient (Wildman–Crippen LogP) is 5.60. The summed E-state index contributed by atoms with van der Waals surface area (Å²) >= 11 is 5.95. The van der Waals surface area contributed by atoms with Gasteiger partial charge in [-0.05, 0) is 47.5 Å². The summed E-state index contributed by atoms with van der Waals surface area (Å²) in [6.45, 7) is 1.57. The lowest BCUT2D eigenvalue weighted by molar-refractivity contribution is 0.0890. The number of ether oxygens (including phenoxy) is 1. The quantitative estimate of drug-likeness (QED) is 0.431. The predicted molar refractivity (Wildman–Crippen MR) is 114 cm³/mol. The van der Waals surface area contributed by atoms with Crippen molar-refractivity contribution in [1.82, 2.24) is 4.90 Å². The van der Waals surface area contributed by atoms with Crippen LogP contribution >= 0.6 is 11.6 Å². The van der Waals surface area contributed by atoms with E-state index in [9.17, 15) is 9.18 Å². The van der Waals surface area contributed by atoms with E-state index in [-0.39, 0.29) is 11.2 Å². The standard InChI is InChI=1S/C24H17ClFNO3/c25-17-5-3-16(4-6-17)21-13-29-24-19(23(21)28)9-10-22-20(24)12-27(14-30-22)11-15-1-7-18(26)8-2-15/h1-10,13H,11-12,14H2. The molecule has 1 aliphatic heterocycles. The van der Waals surface area contributed by atoms with Crippen LogP contribution in [-0.4, -0.2) is 11.6 Å². The topological polar surface area (TPSA) is 42.7 Å². The van der Waals surface area contributed by atoms with E-state index in [4.69, 9.17) is 20.8 Å². The highest BCUT2D eigenvalue weighted by Gasteiger charge is 2.23. The minimum Gasteiger partial charge on any atom is -0.478 e. The van der Waals surface area contributed by atoms with Crippen molar-refractivity contribution in [2.24, 2.45) is 0 Å². The molecular formula is C24H17ClFNO3. The molecule has 150 valence electrons. The molecule has 5 rings (SSSR count). The molecule has 1 aliphatic rings. The summed E-state index contributed by atoms with van der Waals surface area (Å²) in [7, 11) is 0. The Morgan fingerprint density at radius 2 is 1.77 bits per heavy atom. The summed E-state index contributed by atoms with van der Waals surface area (Å²) in [5.74, 6) is 0.448. The van der Waals surface area contributed by atoms with Crippen molar-refractivity contribution in [3.63, 3.8) is 0 Å². The summed E-state index contributed by atoms with van der Waals surface area (Å²) in [5.41, 5.74) is 3.48. The molecule has 0 atom stereocenters. The fraction of sp³-hybridized carbons (Fsp3) is 0.125. The lowest BCUT2D eigenvalue weighted by Gasteiger charge is -2.29. The van der Waals surface area contributed by atoms with Gasteiger partial charge in [-0.25, -0.2) is 4.39 Å². The Hall–Kier alpha value is -3.15. The first-order chi connectivity index (χ1) is 14.6. The van der Waals surface area contributed by atoms with E-state index in [1.807, 2.05) is 6.07 Å². The van der Waals surface area contributed by atoms with Gasteiger partial charge in [-0.1, -0.05) is 35.9 Å². The van der Waals surface area contributed by atoms with Gasteiger partial charge in [-0.2, -0.15) is 0 Å². The van der Waals surface area contributed by atoms with Gasteiger partial charge in [0.25, 0.3) is 0 Å². The number of fused-ring (bicyclic) bond motifs is 3. The molecule has 0 saturated carbocycles. The molecule has 6 heteroatoms. The number of rotatable bonds is 3. The van der Waals surface area contributed by atoms with Crippen molar-refractivity contribution >= 4 is 22.6 Å². The van der Waals surface area contributed by atoms with Crippen LogP contribution in [0.5, 0.6) is 5.75 Å². The van der Waals surface area contributed by atoms with Crippen LogP contribution < -0.4 is 10.2 Å². The van der Waals surface area contributed by atoms with E-state index in [1.165, 1.54) is 18.4 Å². The summed E-state index contributed by atoms with van der Waals surface area (Å²) in [6, 6.07) is 17.0. The van der Waals surface area contributed by atoms with Crippen LogP contribution in [-0.2, 0) is 13.1 Å². The zero-order chi connectivity index (χ0) is 20.7. The second kappa shape index (κ2) is 7.59. The van der Waals surface area contributed by atoms with Gasteiger partial charge in [0.1, 0.15) is 30.1 Å². The number of hydrogen-bond donors (Lipinski definition) is 0. The van der Waals surface area contributed by atoms with Crippen molar-refractivity contribution in [2.45, 2.75) is 13.1 Å². The highest BCUT2D eigenvalue weighted by Crippen LogP contribution is 2.33. The van der Waals surface area contributed by atoms with Crippen LogP contribution in [0.2, 0.25) is 5.02 Å². The van der Waals surface area contributed by atoms with E-state index in [0.29, 0.717) is 47.1 Å². The Labute approximate surface area is 177 Å². The largest absolute Gasteiger partial charge is 0.478 e.